The third-order valence-electron chi connectivity index (χ3n) is 4.01. The average Bonchev–Trinajstić information content (AvgIpc) is 3.05. The van der Waals surface area contributed by atoms with Crippen LogP contribution in [0.25, 0.3) is 11.4 Å². The Morgan fingerprint density at radius 1 is 1.26 bits per heavy atom. The van der Waals surface area contributed by atoms with Crippen molar-refractivity contribution in [2.45, 2.75) is 20.0 Å². The number of pyridine rings is 2. The molecule has 1 amide bonds. The molecule has 0 saturated carbocycles. The Bertz CT molecular complexity index is 925. The molecule has 8 heteroatoms. The molecule has 8 nitrogen and oxygen atoms in total. The van der Waals surface area contributed by atoms with Gasteiger partial charge in [-0.15, -0.1) is 0 Å². The van der Waals surface area contributed by atoms with Gasteiger partial charge in [0.1, 0.15) is 18.1 Å². The van der Waals surface area contributed by atoms with E-state index in [0.717, 1.165) is 5.56 Å². The number of ether oxygens (including phenoxy) is 2. The number of hydrogen-bond donors (Lipinski definition) is 1. The molecule has 27 heavy (non-hydrogen) atoms. The van der Waals surface area contributed by atoms with Gasteiger partial charge in [0.15, 0.2) is 0 Å². The number of methoxy groups -OCH3 is 1. The van der Waals surface area contributed by atoms with E-state index in [1.165, 1.54) is 0 Å². The number of amides is 1. The molecule has 0 saturated heterocycles. The predicted octanol–water partition coefficient (Wildman–Crippen LogP) is 2.31. The summed E-state index contributed by atoms with van der Waals surface area (Å²) in [5.74, 6) is 0.482. The summed E-state index contributed by atoms with van der Waals surface area (Å²) in [4.78, 5) is 20.3. The monoisotopic (exact) mass is 368 g/mol. The first-order valence-corrected chi connectivity index (χ1v) is 8.38. The lowest BCUT2D eigenvalue weighted by molar-refractivity contribution is 0.0998. The molecular weight excluding hydrogens is 348 g/mol. The van der Waals surface area contributed by atoms with Gasteiger partial charge < -0.3 is 19.7 Å². The first-order chi connectivity index (χ1) is 13.1. The van der Waals surface area contributed by atoms with Crippen LogP contribution in [0.15, 0.2) is 41.1 Å². The van der Waals surface area contributed by atoms with Gasteiger partial charge in [0.05, 0.1) is 29.1 Å². The summed E-state index contributed by atoms with van der Waals surface area (Å²) in [5.41, 5.74) is 8.41. The van der Waals surface area contributed by atoms with E-state index >= 15 is 0 Å². The molecule has 3 rings (SSSR count). The highest BCUT2D eigenvalue weighted by molar-refractivity contribution is 5.93. The number of nitrogens with zero attached hydrogens (tertiary/aromatic N) is 3. The van der Waals surface area contributed by atoms with E-state index in [0.29, 0.717) is 47.3 Å². The molecule has 3 heterocycles. The third kappa shape index (κ3) is 4.29. The summed E-state index contributed by atoms with van der Waals surface area (Å²) in [5, 5.41) is 4.08. The Morgan fingerprint density at radius 2 is 2.11 bits per heavy atom. The van der Waals surface area contributed by atoms with Crippen molar-refractivity contribution in [3.8, 4) is 17.3 Å². The molecule has 0 bridgehead atoms. The summed E-state index contributed by atoms with van der Waals surface area (Å²) in [6, 6.07) is 8.78. The molecule has 0 aliphatic heterocycles. The lowest BCUT2D eigenvalue weighted by Gasteiger charge is -2.10. The molecule has 0 fully saturated rings. The fraction of sp³-hybridized carbons (Fsp3) is 0.263. The Kier molecular flexibility index (Phi) is 5.77. The standard InChI is InChI=1S/C19H20N4O4/c1-12-14(18(23-27-12)16-5-3-4-9-21-16)11-26-17-7-6-13(19(20)24)15(22-17)8-10-25-2/h3-7,9H,8,10-11H2,1-2H3,(H2,20,24). The van der Waals surface area contributed by atoms with E-state index in [1.807, 2.05) is 25.1 Å². The number of rotatable bonds is 8. The maximum atomic E-state index is 11.6. The number of hydrogen-bond acceptors (Lipinski definition) is 7. The van der Waals surface area contributed by atoms with Gasteiger partial charge in [-0.3, -0.25) is 9.78 Å². The van der Waals surface area contributed by atoms with Gasteiger partial charge in [-0.1, -0.05) is 11.2 Å². The minimum Gasteiger partial charge on any atom is -0.473 e. The average molecular weight is 368 g/mol. The van der Waals surface area contributed by atoms with Gasteiger partial charge in [-0.05, 0) is 25.1 Å². The number of nitrogens with two attached hydrogens (primary N) is 1. The minimum atomic E-state index is -0.535. The first-order valence-electron chi connectivity index (χ1n) is 8.38. The lowest BCUT2D eigenvalue weighted by atomic mass is 10.1. The largest absolute Gasteiger partial charge is 0.473 e. The second-order valence-electron chi connectivity index (χ2n) is 5.82. The van der Waals surface area contributed by atoms with Crippen molar-refractivity contribution < 1.29 is 18.8 Å². The van der Waals surface area contributed by atoms with Crippen molar-refractivity contribution in [1.29, 1.82) is 0 Å². The maximum absolute atomic E-state index is 11.6. The zero-order valence-electron chi connectivity index (χ0n) is 15.1. The highest BCUT2D eigenvalue weighted by atomic mass is 16.5. The van der Waals surface area contributed by atoms with Crippen LogP contribution in [0.4, 0.5) is 0 Å². The van der Waals surface area contributed by atoms with E-state index < -0.39 is 5.91 Å². The summed E-state index contributed by atoms with van der Waals surface area (Å²) >= 11 is 0. The summed E-state index contributed by atoms with van der Waals surface area (Å²) < 4.78 is 16.2. The van der Waals surface area contributed by atoms with Gasteiger partial charge in [-0.25, -0.2) is 4.98 Å². The predicted molar refractivity (Wildman–Crippen MR) is 97.1 cm³/mol. The smallest absolute Gasteiger partial charge is 0.250 e. The number of aryl methyl sites for hydroxylation is 1. The topological polar surface area (TPSA) is 113 Å². The van der Waals surface area contributed by atoms with E-state index in [4.69, 9.17) is 19.7 Å². The van der Waals surface area contributed by atoms with Gasteiger partial charge in [0.2, 0.25) is 5.88 Å². The molecule has 0 spiro atoms. The van der Waals surface area contributed by atoms with Crippen LogP contribution < -0.4 is 10.5 Å². The van der Waals surface area contributed by atoms with Crippen molar-refractivity contribution in [2.75, 3.05) is 13.7 Å². The van der Waals surface area contributed by atoms with Crippen molar-refractivity contribution >= 4 is 5.91 Å². The Morgan fingerprint density at radius 3 is 2.81 bits per heavy atom. The third-order valence-corrected chi connectivity index (χ3v) is 4.01. The van der Waals surface area contributed by atoms with Crippen LogP contribution in [0.2, 0.25) is 0 Å². The molecule has 2 N–H and O–H groups in total. The maximum Gasteiger partial charge on any atom is 0.250 e. The quantitative estimate of drug-likeness (QED) is 0.649. The molecule has 140 valence electrons. The van der Waals surface area contributed by atoms with E-state index in [-0.39, 0.29) is 6.61 Å². The lowest BCUT2D eigenvalue weighted by Crippen LogP contribution is -2.16. The van der Waals surface area contributed by atoms with Crippen molar-refractivity contribution in [1.82, 2.24) is 15.1 Å². The van der Waals surface area contributed by atoms with Crippen LogP contribution >= 0.6 is 0 Å². The summed E-state index contributed by atoms with van der Waals surface area (Å²) in [6.45, 7) is 2.44. The van der Waals surface area contributed by atoms with E-state index in [1.54, 1.807) is 25.4 Å². The Hall–Kier alpha value is -3.26. The molecule has 0 atom stereocenters. The SMILES string of the molecule is COCCc1nc(OCc2c(-c3ccccn3)noc2C)ccc1C(N)=O. The normalized spacial score (nSPS) is 10.7. The second kappa shape index (κ2) is 8.41. The zero-order valence-corrected chi connectivity index (χ0v) is 15.1. The molecule has 0 aliphatic carbocycles. The Balaban J connectivity index is 1.81. The molecule has 0 radical (unpaired) electrons. The molecule has 3 aromatic rings. The van der Waals surface area contributed by atoms with Crippen LogP contribution in [-0.4, -0.2) is 34.7 Å². The van der Waals surface area contributed by atoms with Crippen LogP contribution in [0, 0.1) is 6.92 Å². The van der Waals surface area contributed by atoms with Gasteiger partial charge >= 0.3 is 0 Å². The molecule has 0 aliphatic rings. The van der Waals surface area contributed by atoms with E-state index in [2.05, 4.69) is 15.1 Å². The highest BCUT2D eigenvalue weighted by Gasteiger charge is 2.17. The summed E-state index contributed by atoms with van der Waals surface area (Å²) in [7, 11) is 1.58. The first kappa shape index (κ1) is 18.5. The van der Waals surface area contributed by atoms with Gasteiger partial charge in [0, 0.05) is 25.8 Å². The number of aromatic nitrogens is 3. The molecular formula is C19H20N4O4. The van der Waals surface area contributed by atoms with Crippen LogP contribution in [0.1, 0.15) is 27.4 Å². The number of primary amides is 1. The van der Waals surface area contributed by atoms with Crippen molar-refractivity contribution in [2.24, 2.45) is 5.73 Å². The number of carbonyl (C=O) groups is 1. The second-order valence-corrected chi connectivity index (χ2v) is 5.82. The van der Waals surface area contributed by atoms with Crippen molar-refractivity contribution in [3.63, 3.8) is 0 Å². The fourth-order valence-corrected chi connectivity index (χ4v) is 2.59. The van der Waals surface area contributed by atoms with Crippen molar-refractivity contribution in [3.05, 3.63) is 59.1 Å². The Labute approximate surface area is 156 Å². The molecule has 0 unspecified atom stereocenters. The zero-order chi connectivity index (χ0) is 19.2. The molecule has 0 aromatic carbocycles. The molecule has 3 aromatic heterocycles. The van der Waals surface area contributed by atoms with Crippen LogP contribution in [0.5, 0.6) is 5.88 Å². The summed E-state index contributed by atoms with van der Waals surface area (Å²) in [6.07, 6.45) is 2.15. The van der Waals surface area contributed by atoms with Crippen LogP contribution in [0.3, 0.4) is 0 Å². The minimum absolute atomic E-state index is 0.202. The van der Waals surface area contributed by atoms with E-state index in [9.17, 15) is 4.79 Å². The highest BCUT2D eigenvalue weighted by Crippen LogP contribution is 2.25. The fourth-order valence-electron chi connectivity index (χ4n) is 2.59. The number of carbonyl (C=O) groups excluding carboxylic acids is 1. The van der Waals surface area contributed by atoms with Crippen LogP contribution in [-0.2, 0) is 17.8 Å². The van der Waals surface area contributed by atoms with Gasteiger partial charge in [-0.2, -0.15) is 0 Å². The van der Waals surface area contributed by atoms with Gasteiger partial charge in [0.25, 0.3) is 5.91 Å².